The molecule has 1 amide bonds. The van der Waals surface area contributed by atoms with Crippen LogP contribution in [0.1, 0.15) is 47.1 Å². The number of rotatable bonds is 2. The average Bonchev–Trinajstić information content (AvgIpc) is 3.21. The van der Waals surface area contributed by atoms with Crippen LogP contribution < -0.4 is 0 Å². The first-order chi connectivity index (χ1) is 10.1. The minimum absolute atomic E-state index is 0.0277. The molecular weight excluding hydrogens is 286 g/mol. The highest BCUT2D eigenvalue weighted by Gasteiger charge is 2.32. The van der Waals surface area contributed by atoms with E-state index in [1.165, 1.54) is 25.1 Å². The Labute approximate surface area is 129 Å². The first-order valence-corrected chi connectivity index (χ1v) is 6.91. The Kier molecular flexibility index (Phi) is 5.30. The molecule has 6 nitrogen and oxygen atoms in total. The van der Waals surface area contributed by atoms with Crippen LogP contribution in [0, 0.1) is 12.3 Å². The van der Waals surface area contributed by atoms with Crippen molar-refractivity contribution in [3.63, 3.8) is 0 Å². The summed E-state index contributed by atoms with van der Waals surface area (Å²) in [6, 6.07) is 4.17. The molecule has 1 aliphatic heterocycles. The maximum atomic E-state index is 11.2. The Morgan fingerprint density at radius 2 is 1.41 bits per heavy atom. The summed E-state index contributed by atoms with van der Waals surface area (Å²) in [5.74, 6) is -1.94. The molecule has 1 aliphatic rings. The van der Waals surface area contributed by atoms with Crippen molar-refractivity contribution in [2.75, 3.05) is 13.1 Å². The molecule has 1 fully saturated rings. The quantitative estimate of drug-likeness (QED) is 0.817. The Bertz CT molecular complexity index is 565. The lowest BCUT2D eigenvalue weighted by atomic mass is 9.96. The number of carbonyl (C=O) groups excluding carboxylic acids is 1. The lowest BCUT2D eigenvalue weighted by Gasteiger charge is -2.16. The standard InChI is InChI=1S/C9H8O4.C7H13NO/c1-5-6(8(10)11)3-2-4-7(5)9(12)13;1-7(2,3)6(9)8-4-5-8/h2-4H,1H3,(H,10,11)(H,12,13);4-5H2,1-3H3. The summed E-state index contributed by atoms with van der Waals surface area (Å²) in [7, 11) is 0. The maximum Gasteiger partial charge on any atom is 0.335 e. The van der Waals surface area contributed by atoms with Gasteiger partial charge in [-0.05, 0) is 24.6 Å². The number of amides is 1. The molecule has 6 heteroatoms. The van der Waals surface area contributed by atoms with E-state index in [1.54, 1.807) is 0 Å². The van der Waals surface area contributed by atoms with Gasteiger partial charge in [0.1, 0.15) is 0 Å². The number of carbonyl (C=O) groups is 3. The van der Waals surface area contributed by atoms with Gasteiger partial charge in [-0.3, -0.25) is 4.79 Å². The Hall–Kier alpha value is -2.37. The number of aromatic carboxylic acids is 2. The molecule has 0 saturated carbocycles. The molecule has 0 bridgehead atoms. The summed E-state index contributed by atoms with van der Waals surface area (Å²) in [6.45, 7) is 9.27. The molecule has 0 unspecified atom stereocenters. The maximum absolute atomic E-state index is 11.2. The summed E-state index contributed by atoms with van der Waals surface area (Å²) >= 11 is 0. The summed E-state index contributed by atoms with van der Waals surface area (Å²) in [5.41, 5.74) is 0.165. The van der Waals surface area contributed by atoms with Crippen LogP contribution in [-0.2, 0) is 4.79 Å². The third-order valence-corrected chi connectivity index (χ3v) is 3.17. The van der Waals surface area contributed by atoms with Gasteiger partial charge in [0.05, 0.1) is 11.1 Å². The van der Waals surface area contributed by atoms with Gasteiger partial charge in [-0.1, -0.05) is 26.8 Å². The van der Waals surface area contributed by atoms with Crippen molar-refractivity contribution < 1.29 is 24.6 Å². The second-order valence-corrected chi connectivity index (χ2v) is 6.13. The van der Waals surface area contributed by atoms with Crippen molar-refractivity contribution in [1.29, 1.82) is 0 Å². The largest absolute Gasteiger partial charge is 0.478 e. The van der Waals surface area contributed by atoms with Crippen LogP contribution in [0.15, 0.2) is 18.2 Å². The molecule has 120 valence electrons. The van der Waals surface area contributed by atoms with Gasteiger partial charge in [-0.2, -0.15) is 0 Å². The van der Waals surface area contributed by atoms with Crippen molar-refractivity contribution in [3.05, 3.63) is 34.9 Å². The molecule has 0 spiro atoms. The average molecular weight is 307 g/mol. The van der Waals surface area contributed by atoms with Crippen LogP contribution in [0.4, 0.5) is 0 Å². The summed E-state index contributed by atoms with van der Waals surface area (Å²) in [6.07, 6.45) is 0. The number of hydrogen-bond acceptors (Lipinski definition) is 3. The van der Waals surface area contributed by atoms with Gasteiger partial charge in [-0.15, -0.1) is 0 Å². The second kappa shape index (κ2) is 6.60. The predicted molar refractivity (Wildman–Crippen MR) is 81.1 cm³/mol. The third-order valence-electron chi connectivity index (χ3n) is 3.17. The highest BCUT2D eigenvalue weighted by atomic mass is 16.4. The Morgan fingerprint density at radius 3 is 1.64 bits per heavy atom. The minimum Gasteiger partial charge on any atom is -0.478 e. The fourth-order valence-electron chi connectivity index (χ4n) is 1.83. The lowest BCUT2D eigenvalue weighted by molar-refractivity contribution is -0.133. The lowest BCUT2D eigenvalue weighted by Crippen LogP contribution is -2.26. The first-order valence-electron chi connectivity index (χ1n) is 6.91. The van der Waals surface area contributed by atoms with E-state index in [-0.39, 0.29) is 28.0 Å². The molecular formula is C16H21NO5. The Morgan fingerprint density at radius 1 is 1.00 bits per heavy atom. The minimum atomic E-state index is -1.11. The molecule has 0 atom stereocenters. The van der Waals surface area contributed by atoms with E-state index in [4.69, 9.17) is 10.2 Å². The van der Waals surface area contributed by atoms with E-state index >= 15 is 0 Å². The molecule has 2 rings (SSSR count). The SMILES string of the molecule is CC(C)(C)C(=O)N1CC1.Cc1c(C(=O)O)cccc1C(=O)O. The normalized spacial score (nSPS) is 13.0. The van der Waals surface area contributed by atoms with Gasteiger partial charge in [0, 0.05) is 18.5 Å². The summed E-state index contributed by atoms with van der Waals surface area (Å²) < 4.78 is 0. The third kappa shape index (κ3) is 4.58. The summed E-state index contributed by atoms with van der Waals surface area (Å²) in [5, 5.41) is 17.4. The van der Waals surface area contributed by atoms with Gasteiger partial charge in [0.15, 0.2) is 0 Å². The number of hydrogen-bond donors (Lipinski definition) is 2. The molecule has 2 N–H and O–H groups in total. The van der Waals surface area contributed by atoms with Crippen molar-refractivity contribution in [3.8, 4) is 0 Å². The fourth-order valence-corrected chi connectivity index (χ4v) is 1.83. The Balaban J connectivity index is 0.000000235. The molecule has 0 radical (unpaired) electrons. The highest BCUT2D eigenvalue weighted by Crippen LogP contribution is 2.21. The van der Waals surface area contributed by atoms with Crippen molar-refractivity contribution in [2.24, 2.45) is 5.41 Å². The predicted octanol–water partition coefficient (Wildman–Crippen LogP) is 2.27. The summed E-state index contributed by atoms with van der Waals surface area (Å²) in [4.78, 5) is 34.2. The van der Waals surface area contributed by atoms with Crippen LogP contribution in [0.25, 0.3) is 0 Å². The van der Waals surface area contributed by atoms with Gasteiger partial charge < -0.3 is 15.1 Å². The van der Waals surface area contributed by atoms with E-state index in [0.717, 1.165) is 13.1 Å². The van der Waals surface area contributed by atoms with Crippen molar-refractivity contribution in [2.45, 2.75) is 27.7 Å². The monoisotopic (exact) mass is 307 g/mol. The molecule has 1 aromatic carbocycles. The zero-order valence-corrected chi connectivity index (χ0v) is 13.2. The topological polar surface area (TPSA) is 94.7 Å². The van der Waals surface area contributed by atoms with E-state index in [2.05, 4.69) is 0 Å². The number of carboxylic acid groups (broad SMARTS) is 2. The zero-order valence-electron chi connectivity index (χ0n) is 13.2. The van der Waals surface area contributed by atoms with Crippen LogP contribution in [0.3, 0.4) is 0 Å². The fraction of sp³-hybridized carbons (Fsp3) is 0.438. The smallest absolute Gasteiger partial charge is 0.335 e. The highest BCUT2D eigenvalue weighted by molar-refractivity contribution is 5.96. The molecule has 0 aliphatic carbocycles. The molecule has 22 heavy (non-hydrogen) atoms. The van der Waals surface area contributed by atoms with Gasteiger partial charge in [0.2, 0.25) is 5.91 Å². The van der Waals surface area contributed by atoms with Crippen LogP contribution in [0.5, 0.6) is 0 Å². The molecule has 1 heterocycles. The van der Waals surface area contributed by atoms with Crippen molar-refractivity contribution >= 4 is 17.8 Å². The number of carboxylic acids is 2. The second-order valence-electron chi connectivity index (χ2n) is 6.13. The van der Waals surface area contributed by atoms with E-state index in [9.17, 15) is 14.4 Å². The van der Waals surface area contributed by atoms with E-state index in [0.29, 0.717) is 0 Å². The van der Waals surface area contributed by atoms with Crippen LogP contribution in [0.2, 0.25) is 0 Å². The first kappa shape index (κ1) is 17.7. The van der Waals surface area contributed by atoms with Crippen molar-refractivity contribution in [1.82, 2.24) is 4.90 Å². The van der Waals surface area contributed by atoms with Gasteiger partial charge >= 0.3 is 11.9 Å². The number of nitrogens with zero attached hydrogens (tertiary/aromatic N) is 1. The van der Waals surface area contributed by atoms with Crippen LogP contribution >= 0.6 is 0 Å². The van der Waals surface area contributed by atoms with E-state index in [1.807, 2.05) is 25.7 Å². The van der Waals surface area contributed by atoms with Gasteiger partial charge in [-0.25, -0.2) is 9.59 Å². The number of benzene rings is 1. The molecule has 1 aromatic rings. The molecule has 0 aromatic heterocycles. The van der Waals surface area contributed by atoms with Gasteiger partial charge in [0.25, 0.3) is 0 Å². The van der Waals surface area contributed by atoms with Crippen LogP contribution in [-0.4, -0.2) is 46.0 Å². The zero-order chi connectivity index (χ0) is 17.1. The molecule has 1 saturated heterocycles. The van der Waals surface area contributed by atoms with E-state index < -0.39 is 11.9 Å².